The number of unbranched alkanes of at least 4 members (excludes halogenated alkanes) is 2. The second-order valence-corrected chi connectivity index (χ2v) is 10.1. The minimum atomic E-state index is -1.10. The van der Waals surface area contributed by atoms with E-state index < -0.39 is 11.9 Å². The molecule has 6 nitrogen and oxygen atoms in total. The molecule has 0 aliphatic rings. The molecular formula is C38H38O6. The number of hydrogen-bond donors (Lipinski definition) is 0. The molecule has 0 amide bonds. The zero-order valence-corrected chi connectivity index (χ0v) is 25.2. The van der Waals surface area contributed by atoms with Crippen molar-refractivity contribution in [2.24, 2.45) is 0 Å². The second kappa shape index (κ2) is 17.1. The molecule has 4 rings (SSSR count). The van der Waals surface area contributed by atoms with Gasteiger partial charge in [-0.2, -0.15) is 0 Å². The maximum absolute atomic E-state index is 12.3. The number of esters is 2. The Morgan fingerprint density at radius 2 is 0.727 bits per heavy atom. The van der Waals surface area contributed by atoms with Crippen molar-refractivity contribution in [3.63, 3.8) is 0 Å². The van der Waals surface area contributed by atoms with Gasteiger partial charge in [0.15, 0.2) is 0 Å². The summed E-state index contributed by atoms with van der Waals surface area (Å²) in [5, 5.41) is 0. The zero-order chi connectivity index (χ0) is 31.0. The minimum Gasteiger partial charge on any atom is -0.494 e. The van der Waals surface area contributed by atoms with Crippen LogP contribution >= 0.6 is 0 Å². The van der Waals surface area contributed by atoms with E-state index in [2.05, 4.69) is 13.8 Å². The number of carbonyl (C=O) groups is 2. The van der Waals surface area contributed by atoms with Crippen molar-refractivity contribution in [2.75, 3.05) is 13.2 Å². The highest BCUT2D eigenvalue weighted by atomic mass is 16.6. The lowest BCUT2D eigenvalue weighted by Gasteiger charge is -2.06. The van der Waals surface area contributed by atoms with E-state index in [1.54, 1.807) is 48.5 Å². The Bertz CT molecular complexity index is 1400. The molecule has 0 N–H and O–H groups in total. The van der Waals surface area contributed by atoms with Crippen LogP contribution in [0, 0.1) is 0 Å². The molecule has 0 radical (unpaired) electrons. The van der Waals surface area contributed by atoms with Gasteiger partial charge in [-0.05, 0) is 83.6 Å². The SMILES string of the molecule is CCCCOc1ccc(/C=C/c2ccc(OC(=O)C(=O)Oc3ccc(/C=C/c4ccc(OCCCC)cc4)cc3)cc2)cc1. The first-order valence-electron chi connectivity index (χ1n) is 15.0. The van der Waals surface area contributed by atoms with Gasteiger partial charge in [0, 0.05) is 0 Å². The Hall–Kier alpha value is -5.10. The van der Waals surface area contributed by atoms with Crippen molar-refractivity contribution >= 4 is 36.2 Å². The Morgan fingerprint density at radius 1 is 0.455 bits per heavy atom. The average molecular weight is 591 g/mol. The molecule has 226 valence electrons. The van der Waals surface area contributed by atoms with E-state index in [4.69, 9.17) is 18.9 Å². The molecule has 0 bridgehead atoms. The Balaban J connectivity index is 1.22. The average Bonchev–Trinajstić information content (AvgIpc) is 3.05. The minimum absolute atomic E-state index is 0.249. The topological polar surface area (TPSA) is 71.1 Å². The van der Waals surface area contributed by atoms with Gasteiger partial charge in [-0.1, -0.05) is 99.5 Å². The smallest absolute Gasteiger partial charge is 0.423 e. The van der Waals surface area contributed by atoms with Gasteiger partial charge in [-0.3, -0.25) is 0 Å². The molecular weight excluding hydrogens is 552 g/mol. The van der Waals surface area contributed by atoms with E-state index in [1.165, 1.54) is 0 Å². The van der Waals surface area contributed by atoms with Crippen molar-refractivity contribution in [2.45, 2.75) is 39.5 Å². The lowest BCUT2D eigenvalue weighted by atomic mass is 10.1. The van der Waals surface area contributed by atoms with Crippen molar-refractivity contribution in [1.82, 2.24) is 0 Å². The monoisotopic (exact) mass is 590 g/mol. The summed E-state index contributed by atoms with van der Waals surface area (Å²) in [4.78, 5) is 24.6. The van der Waals surface area contributed by atoms with Crippen molar-refractivity contribution in [3.8, 4) is 23.0 Å². The van der Waals surface area contributed by atoms with Crippen LogP contribution in [-0.2, 0) is 9.59 Å². The van der Waals surface area contributed by atoms with E-state index >= 15 is 0 Å². The van der Waals surface area contributed by atoms with Gasteiger partial charge in [-0.25, -0.2) is 9.59 Å². The van der Waals surface area contributed by atoms with E-state index in [0.717, 1.165) is 72.6 Å². The van der Waals surface area contributed by atoms with Gasteiger partial charge in [0.05, 0.1) is 13.2 Å². The molecule has 0 aromatic heterocycles. The Kier molecular flexibility index (Phi) is 12.4. The number of ether oxygens (including phenoxy) is 4. The number of rotatable bonds is 14. The molecule has 0 heterocycles. The second-order valence-electron chi connectivity index (χ2n) is 10.1. The van der Waals surface area contributed by atoms with Crippen LogP contribution in [0.15, 0.2) is 97.1 Å². The lowest BCUT2D eigenvalue weighted by Crippen LogP contribution is -2.25. The van der Waals surface area contributed by atoms with E-state index in [1.807, 2.05) is 72.8 Å². The molecule has 0 fully saturated rings. The van der Waals surface area contributed by atoms with Crippen LogP contribution in [0.25, 0.3) is 24.3 Å². The normalized spacial score (nSPS) is 11.0. The van der Waals surface area contributed by atoms with Crippen LogP contribution in [0.2, 0.25) is 0 Å². The van der Waals surface area contributed by atoms with Gasteiger partial charge in [-0.15, -0.1) is 0 Å². The zero-order valence-electron chi connectivity index (χ0n) is 25.2. The van der Waals surface area contributed by atoms with E-state index in [-0.39, 0.29) is 11.5 Å². The predicted molar refractivity (Wildman–Crippen MR) is 176 cm³/mol. The molecule has 4 aromatic rings. The molecule has 44 heavy (non-hydrogen) atoms. The Morgan fingerprint density at radius 3 is 1.00 bits per heavy atom. The van der Waals surface area contributed by atoms with Gasteiger partial charge in [0.2, 0.25) is 0 Å². The molecule has 4 aromatic carbocycles. The third kappa shape index (κ3) is 10.6. The highest BCUT2D eigenvalue weighted by Crippen LogP contribution is 2.19. The standard InChI is InChI=1S/C38H38O6/c1-3-5-27-41-33-19-11-29(12-20-33)7-9-31-15-23-35(24-16-31)43-37(39)38(40)44-36-25-17-32(18-26-36)10-8-30-13-21-34(22-14-30)42-28-6-4-2/h7-26H,3-6,27-28H2,1-2H3/b9-7+,10-8+. The van der Waals surface area contributed by atoms with Crippen molar-refractivity contribution < 1.29 is 28.5 Å². The van der Waals surface area contributed by atoms with Gasteiger partial charge >= 0.3 is 11.9 Å². The first kappa shape index (κ1) is 31.8. The van der Waals surface area contributed by atoms with Crippen LogP contribution in [-0.4, -0.2) is 25.2 Å². The highest BCUT2D eigenvalue weighted by Gasteiger charge is 2.19. The maximum Gasteiger partial charge on any atom is 0.423 e. The summed E-state index contributed by atoms with van der Waals surface area (Å²) in [6, 6.07) is 29.5. The highest BCUT2D eigenvalue weighted by molar-refractivity contribution is 6.31. The van der Waals surface area contributed by atoms with Gasteiger partial charge < -0.3 is 18.9 Å². The van der Waals surface area contributed by atoms with Crippen molar-refractivity contribution in [1.29, 1.82) is 0 Å². The summed E-state index contributed by atoms with van der Waals surface area (Å²) in [5.74, 6) is 0.0193. The third-order valence-electron chi connectivity index (χ3n) is 6.58. The van der Waals surface area contributed by atoms with Crippen LogP contribution in [0.5, 0.6) is 23.0 Å². The van der Waals surface area contributed by atoms with Crippen LogP contribution in [0.3, 0.4) is 0 Å². The molecule has 0 spiro atoms. The van der Waals surface area contributed by atoms with Crippen LogP contribution in [0.1, 0.15) is 61.8 Å². The molecule has 0 atom stereocenters. The molecule has 0 unspecified atom stereocenters. The number of benzene rings is 4. The summed E-state index contributed by atoms with van der Waals surface area (Å²) >= 11 is 0. The maximum atomic E-state index is 12.3. The first-order valence-corrected chi connectivity index (χ1v) is 15.0. The third-order valence-corrected chi connectivity index (χ3v) is 6.58. The fourth-order valence-electron chi connectivity index (χ4n) is 4.00. The molecule has 0 saturated carbocycles. The lowest BCUT2D eigenvalue weighted by molar-refractivity contribution is -0.156. The number of hydrogen-bond acceptors (Lipinski definition) is 6. The summed E-state index contributed by atoms with van der Waals surface area (Å²) in [5.41, 5.74) is 3.90. The fraction of sp³-hybridized carbons (Fsp3) is 0.211. The summed E-state index contributed by atoms with van der Waals surface area (Å²) in [6.07, 6.45) is 12.1. The summed E-state index contributed by atoms with van der Waals surface area (Å²) in [6.45, 7) is 5.71. The molecule has 6 heteroatoms. The fourth-order valence-corrected chi connectivity index (χ4v) is 4.00. The first-order chi connectivity index (χ1) is 21.5. The summed E-state index contributed by atoms with van der Waals surface area (Å²) in [7, 11) is 0. The van der Waals surface area contributed by atoms with E-state index in [9.17, 15) is 9.59 Å². The van der Waals surface area contributed by atoms with Crippen LogP contribution in [0.4, 0.5) is 0 Å². The molecule has 0 aliphatic heterocycles. The van der Waals surface area contributed by atoms with Gasteiger partial charge in [0.1, 0.15) is 23.0 Å². The largest absolute Gasteiger partial charge is 0.494 e. The van der Waals surface area contributed by atoms with E-state index in [0.29, 0.717) is 0 Å². The predicted octanol–water partition coefficient (Wildman–Crippen LogP) is 8.90. The molecule has 0 saturated heterocycles. The quantitative estimate of drug-likeness (QED) is 0.0480. The number of carbonyl (C=O) groups excluding carboxylic acids is 2. The van der Waals surface area contributed by atoms with Crippen molar-refractivity contribution in [3.05, 3.63) is 119 Å². The Labute approximate surface area is 259 Å². The summed E-state index contributed by atoms with van der Waals surface area (Å²) < 4.78 is 21.8. The molecule has 0 aliphatic carbocycles. The van der Waals surface area contributed by atoms with Gasteiger partial charge in [0.25, 0.3) is 0 Å². The van der Waals surface area contributed by atoms with Crippen LogP contribution < -0.4 is 18.9 Å².